The molecular weight excluding hydrogens is 226 g/mol. The van der Waals surface area contributed by atoms with Crippen LogP contribution in [0.15, 0.2) is 30.3 Å². The molecule has 0 aliphatic rings. The Labute approximate surface area is 110 Å². The van der Waals surface area contributed by atoms with Crippen molar-refractivity contribution in [1.82, 2.24) is 0 Å². The highest BCUT2D eigenvalue weighted by Crippen LogP contribution is 2.20. The average molecular weight is 251 g/mol. The predicted octanol–water partition coefficient (Wildman–Crippen LogP) is 2.39. The summed E-state index contributed by atoms with van der Waals surface area (Å²) in [5, 5.41) is 0. The lowest BCUT2D eigenvalue weighted by Gasteiger charge is -2.29. The summed E-state index contributed by atoms with van der Waals surface area (Å²) in [7, 11) is 3.43. The van der Waals surface area contributed by atoms with Gasteiger partial charge in [0.2, 0.25) is 0 Å². The van der Waals surface area contributed by atoms with E-state index in [1.165, 1.54) is 5.56 Å². The van der Waals surface area contributed by atoms with Crippen LogP contribution in [-0.4, -0.2) is 33.0 Å². The topological polar surface area (TPSA) is 44.5 Å². The molecule has 0 aliphatic heterocycles. The second-order valence-electron chi connectivity index (χ2n) is 4.83. The highest BCUT2D eigenvalue weighted by molar-refractivity contribution is 5.15. The molecule has 2 N–H and O–H groups in total. The van der Waals surface area contributed by atoms with E-state index in [2.05, 4.69) is 24.3 Å². The molecule has 0 spiro atoms. The molecule has 0 aromatic heterocycles. The maximum Gasteiger partial charge on any atom is 0.0479 e. The molecule has 3 heteroatoms. The van der Waals surface area contributed by atoms with Crippen molar-refractivity contribution in [2.75, 3.05) is 27.4 Å². The highest BCUT2D eigenvalue weighted by atomic mass is 16.5. The molecule has 3 nitrogen and oxygen atoms in total. The Morgan fingerprint density at radius 1 is 0.944 bits per heavy atom. The van der Waals surface area contributed by atoms with E-state index >= 15 is 0 Å². The van der Waals surface area contributed by atoms with Crippen LogP contribution in [0.4, 0.5) is 0 Å². The van der Waals surface area contributed by atoms with Crippen molar-refractivity contribution in [3.8, 4) is 0 Å². The molecule has 0 amide bonds. The van der Waals surface area contributed by atoms with E-state index in [0.29, 0.717) is 13.2 Å². The summed E-state index contributed by atoms with van der Waals surface area (Å²) >= 11 is 0. The molecule has 0 saturated carbocycles. The summed E-state index contributed by atoms with van der Waals surface area (Å²) in [5.74, 6) is 0. The van der Waals surface area contributed by atoms with E-state index in [1.54, 1.807) is 14.2 Å². The SMILES string of the molecule is COCCC(N)(CCOC)CCc1ccccc1. The van der Waals surface area contributed by atoms with Gasteiger partial charge < -0.3 is 15.2 Å². The molecule has 1 rings (SSSR count). The quantitative estimate of drug-likeness (QED) is 0.733. The minimum Gasteiger partial charge on any atom is -0.385 e. The summed E-state index contributed by atoms with van der Waals surface area (Å²) in [4.78, 5) is 0. The van der Waals surface area contributed by atoms with Crippen LogP contribution in [0, 0.1) is 0 Å². The third-order valence-corrected chi connectivity index (χ3v) is 3.36. The van der Waals surface area contributed by atoms with Crippen molar-refractivity contribution in [1.29, 1.82) is 0 Å². The van der Waals surface area contributed by atoms with Gasteiger partial charge in [-0.15, -0.1) is 0 Å². The third-order valence-electron chi connectivity index (χ3n) is 3.36. The lowest BCUT2D eigenvalue weighted by Crippen LogP contribution is -2.42. The average Bonchev–Trinajstić information content (AvgIpc) is 2.42. The zero-order valence-electron chi connectivity index (χ0n) is 11.5. The molecule has 18 heavy (non-hydrogen) atoms. The number of rotatable bonds is 9. The fraction of sp³-hybridized carbons (Fsp3) is 0.600. The molecule has 0 unspecified atom stereocenters. The number of aryl methyl sites for hydroxylation is 1. The maximum atomic E-state index is 6.46. The number of methoxy groups -OCH3 is 2. The van der Waals surface area contributed by atoms with Crippen LogP contribution in [0.2, 0.25) is 0 Å². The number of benzene rings is 1. The van der Waals surface area contributed by atoms with E-state index in [4.69, 9.17) is 15.2 Å². The molecule has 0 bridgehead atoms. The number of hydrogen-bond donors (Lipinski definition) is 1. The summed E-state index contributed by atoms with van der Waals surface area (Å²) < 4.78 is 10.3. The Morgan fingerprint density at radius 3 is 2.00 bits per heavy atom. The monoisotopic (exact) mass is 251 g/mol. The van der Waals surface area contributed by atoms with Crippen LogP contribution in [0.25, 0.3) is 0 Å². The Bertz CT molecular complexity index is 306. The minimum atomic E-state index is -0.193. The first-order chi connectivity index (χ1) is 8.70. The number of nitrogens with two attached hydrogens (primary N) is 1. The van der Waals surface area contributed by atoms with Gasteiger partial charge in [-0.05, 0) is 31.2 Å². The van der Waals surface area contributed by atoms with Crippen molar-refractivity contribution in [3.05, 3.63) is 35.9 Å². The Kier molecular flexibility index (Phi) is 6.94. The van der Waals surface area contributed by atoms with E-state index in [-0.39, 0.29) is 5.54 Å². The van der Waals surface area contributed by atoms with Gasteiger partial charge >= 0.3 is 0 Å². The summed E-state index contributed by atoms with van der Waals surface area (Å²) in [6, 6.07) is 10.5. The lowest BCUT2D eigenvalue weighted by atomic mass is 9.86. The Hall–Kier alpha value is -0.900. The molecule has 0 fully saturated rings. The van der Waals surface area contributed by atoms with Crippen LogP contribution < -0.4 is 5.73 Å². The van der Waals surface area contributed by atoms with Gasteiger partial charge in [0, 0.05) is 33.0 Å². The van der Waals surface area contributed by atoms with Crippen molar-refractivity contribution in [2.45, 2.75) is 31.2 Å². The van der Waals surface area contributed by atoms with Crippen molar-refractivity contribution in [2.24, 2.45) is 5.73 Å². The van der Waals surface area contributed by atoms with E-state index in [0.717, 1.165) is 25.7 Å². The van der Waals surface area contributed by atoms with Gasteiger partial charge in [-0.25, -0.2) is 0 Å². The first-order valence-electron chi connectivity index (χ1n) is 6.51. The van der Waals surface area contributed by atoms with Crippen molar-refractivity contribution >= 4 is 0 Å². The zero-order valence-corrected chi connectivity index (χ0v) is 11.5. The first kappa shape index (κ1) is 15.2. The molecule has 102 valence electrons. The van der Waals surface area contributed by atoms with E-state index < -0.39 is 0 Å². The van der Waals surface area contributed by atoms with Gasteiger partial charge in [0.1, 0.15) is 0 Å². The van der Waals surface area contributed by atoms with Gasteiger partial charge in [0.25, 0.3) is 0 Å². The third kappa shape index (κ3) is 5.63. The van der Waals surface area contributed by atoms with Gasteiger partial charge in [-0.3, -0.25) is 0 Å². The molecule has 0 aliphatic carbocycles. The summed E-state index contributed by atoms with van der Waals surface area (Å²) in [6.07, 6.45) is 3.72. The van der Waals surface area contributed by atoms with E-state index in [9.17, 15) is 0 Å². The second-order valence-corrected chi connectivity index (χ2v) is 4.83. The van der Waals surface area contributed by atoms with Gasteiger partial charge in [-0.1, -0.05) is 30.3 Å². The van der Waals surface area contributed by atoms with Gasteiger partial charge in [-0.2, -0.15) is 0 Å². The van der Waals surface area contributed by atoms with Crippen LogP contribution in [0.5, 0.6) is 0 Å². The molecule has 0 radical (unpaired) electrons. The fourth-order valence-electron chi connectivity index (χ4n) is 2.02. The summed E-state index contributed by atoms with van der Waals surface area (Å²) in [6.45, 7) is 1.41. The van der Waals surface area contributed by atoms with Crippen molar-refractivity contribution in [3.63, 3.8) is 0 Å². The number of ether oxygens (including phenoxy) is 2. The fourth-order valence-corrected chi connectivity index (χ4v) is 2.02. The van der Waals surface area contributed by atoms with E-state index in [1.807, 2.05) is 6.07 Å². The zero-order chi connectivity index (χ0) is 13.3. The largest absolute Gasteiger partial charge is 0.385 e. The predicted molar refractivity (Wildman–Crippen MR) is 74.7 cm³/mol. The van der Waals surface area contributed by atoms with Gasteiger partial charge in [0.05, 0.1) is 0 Å². The van der Waals surface area contributed by atoms with Gasteiger partial charge in [0.15, 0.2) is 0 Å². The van der Waals surface area contributed by atoms with Crippen LogP contribution in [0.1, 0.15) is 24.8 Å². The molecule has 0 heterocycles. The molecular formula is C15H25NO2. The Balaban J connectivity index is 2.49. The molecule has 0 saturated heterocycles. The second kappa shape index (κ2) is 8.25. The standard InChI is InChI=1S/C15H25NO2/c1-17-12-10-15(16,11-13-18-2)9-8-14-6-4-3-5-7-14/h3-7H,8-13,16H2,1-2H3. The molecule has 1 aromatic carbocycles. The molecule has 0 atom stereocenters. The maximum absolute atomic E-state index is 6.46. The minimum absolute atomic E-state index is 0.193. The number of hydrogen-bond acceptors (Lipinski definition) is 3. The van der Waals surface area contributed by atoms with Crippen molar-refractivity contribution < 1.29 is 9.47 Å². The first-order valence-corrected chi connectivity index (χ1v) is 6.51. The molecule has 1 aromatic rings. The Morgan fingerprint density at radius 2 is 1.50 bits per heavy atom. The van der Waals surface area contributed by atoms with Crippen LogP contribution in [-0.2, 0) is 15.9 Å². The highest BCUT2D eigenvalue weighted by Gasteiger charge is 2.24. The summed E-state index contributed by atoms with van der Waals surface area (Å²) in [5.41, 5.74) is 7.60. The van der Waals surface area contributed by atoms with Crippen LogP contribution >= 0.6 is 0 Å². The lowest BCUT2D eigenvalue weighted by molar-refractivity contribution is 0.129. The van der Waals surface area contributed by atoms with Crippen LogP contribution in [0.3, 0.4) is 0 Å². The normalized spacial score (nSPS) is 11.7. The smallest absolute Gasteiger partial charge is 0.0479 e.